The molecule has 0 radical (unpaired) electrons. The largest absolute Gasteiger partial charge is 0.384 e. The molecule has 2 heterocycles. The number of nitrogens with zero attached hydrogens (tertiary/aromatic N) is 3. The number of para-hydroxylation sites is 1. The smallest absolute Gasteiger partial charge is 0.253 e. The van der Waals surface area contributed by atoms with Gasteiger partial charge in [0.15, 0.2) is 0 Å². The lowest BCUT2D eigenvalue weighted by Gasteiger charge is -2.26. The van der Waals surface area contributed by atoms with Gasteiger partial charge < -0.3 is 15.1 Å². The van der Waals surface area contributed by atoms with Crippen LogP contribution in [0.1, 0.15) is 49.9 Å². The van der Waals surface area contributed by atoms with Gasteiger partial charge in [0.2, 0.25) is 0 Å². The third kappa shape index (κ3) is 7.33. The third-order valence-electron chi connectivity index (χ3n) is 6.61. The minimum absolute atomic E-state index is 0. The van der Waals surface area contributed by atoms with Crippen LogP contribution in [0.25, 0.3) is 22.2 Å². The Balaban J connectivity index is 0.00000216. The second-order valence-electron chi connectivity index (χ2n) is 8.81. The summed E-state index contributed by atoms with van der Waals surface area (Å²) in [6.07, 6.45) is 5.19. The van der Waals surface area contributed by atoms with Gasteiger partial charge in [-0.05, 0) is 77.0 Å². The van der Waals surface area contributed by atoms with E-state index < -0.39 is 0 Å². The maximum absolute atomic E-state index is 12.6. The first-order chi connectivity index (χ1) is 16.2. The van der Waals surface area contributed by atoms with Crippen molar-refractivity contribution < 1.29 is 4.79 Å². The summed E-state index contributed by atoms with van der Waals surface area (Å²) in [6.45, 7) is 10.0. The van der Waals surface area contributed by atoms with Crippen LogP contribution in [0, 0.1) is 0 Å². The Bertz CT molecular complexity index is 1060. The lowest BCUT2D eigenvalue weighted by Crippen LogP contribution is -2.31. The topological polar surface area (TPSA) is 48.5 Å². The summed E-state index contributed by atoms with van der Waals surface area (Å²) in [5, 5.41) is 4.82. The van der Waals surface area contributed by atoms with Crippen molar-refractivity contribution in [1.82, 2.24) is 14.8 Å². The molecule has 1 aliphatic heterocycles. The molecule has 2 aromatic carbocycles. The molecule has 35 heavy (non-hydrogen) atoms. The molecule has 1 aromatic heterocycles. The maximum Gasteiger partial charge on any atom is 0.253 e. The zero-order chi connectivity index (χ0) is 23.0. The molecule has 0 atom stereocenters. The molecular weight excluding hydrogens is 479 g/mol. The Morgan fingerprint density at radius 3 is 2.34 bits per heavy atom. The second kappa shape index (κ2) is 14.3. The van der Waals surface area contributed by atoms with Crippen LogP contribution >= 0.6 is 24.8 Å². The van der Waals surface area contributed by atoms with E-state index in [1.807, 2.05) is 49.1 Å². The van der Waals surface area contributed by atoms with Gasteiger partial charge in [0, 0.05) is 41.8 Å². The molecule has 0 bridgehead atoms. The molecule has 1 aliphatic rings. The van der Waals surface area contributed by atoms with Gasteiger partial charge in [0.25, 0.3) is 5.91 Å². The first-order valence-electron chi connectivity index (χ1n) is 12.4. The molecule has 0 saturated carbocycles. The minimum atomic E-state index is 0. The lowest BCUT2D eigenvalue weighted by molar-refractivity contribution is 0.0773. The number of hydrogen-bond donors (Lipinski definition) is 1. The predicted molar refractivity (Wildman–Crippen MR) is 152 cm³/mol. The summed E-state index contributed by atoms with van der Waals surface area (Å²) < 4.78 is 0. The Hall–Kier alpha value is -2.34. The highest BCUT2D eigenvalue weighted by Crippen LogP contribution is 2.28. The monoisotopic (exact) mass is 516 g/mol. The first kappa shape index (κ1) is 28.9. The number of pyridine rings is 1. The van der Waals surface area contributed by atoms with Gasteiger partial charge >= 0.3 is 0 Å². The van der Waals surface area contributed by atoms with Crippen LogP contribution < -0.4 is 5.32 Å². The van der Waals surface area contributed by atoms with Crippen molar-refractivity contribution in [2.75, 3.05) is 44.6 Å². The van der Waals surface area contributed by atoms with Crippen molar-refractivity contribution in [3.8, 4) is 11.3 Å². The SMILES string of the molecule is CCN(CC)C(=O)c1ccc(-c2cc(NCCCN3CCCCC3)c3ccccc3n2)cc1.Cl.Cl. The number of aromatic nitrogens is 1. The average Bonchev–Trinajstić information content (AvgIpc) is 2.87. The van der Waals surface area contributed by atoms with Crippen LogP contribution in [0.2, 0.25) is 0 Å². The summed E-state index contributed by atoms with van der Waals surface area (Å²) in [5.74, 6) is 0.0779. The molecule has 0 unspecified atom stereocenters. The summed E-state index contributed by atoms with van der Waals surface area (Å²) in [7, 11) is 0. The number of nitrogens with one attached hydrogen (secondary N) is 1. The molecule has 1 fully saturated rings. The number of carbonyl (C=O) groups excluding carboxylic acids is 1. The second-order valence-corrected chi connectivity index (χ2v) is 8.81. The van der Waals surface area contributed by atoms with Crippen LogP contribution in [0.5, 0.6) is 0 Å². The molecule has 7 heteroatoms. The molecule has 4 rings (SSSR count). The fourth-order valence-corrected chi connectivity index (χ4v) is 4.66. The van der Waals surface area contributed by atoms with Crippen molar-refractivity contribution in [3.05, 3.63) is 60.2 Å². The van der Waals surface area contributed by atoms with Crippen molar-refractivity contribution >= 4 is 47.3 Å². The number of carbonyl (C=O) groups is 1. The van der Waals surface area contributed by atoms with Gasteiger partial charge in [-0.25, -0.2) is 4.98 Å². The van der Waals surface area contributed by atoms with E-state index in [9.17, 15) is 4.79 Å². The Kier molecular flexibility index (Phi) is 11.8. The van der Waals surface area contributed by atoms with E-state index in [1.165, 1.54) is 32.4 Å². The maximum atomic E-state index is 12.6. The van der Waals surface area contributed by atoms with Gasteiger partial charge in [-0.1, -0.05) is 36.8 Å². The van der Waals surface area contributed by atoms with Crippen molar-refractivity contribution in [3.63, 3.8) is 0 Å². The minimum Gasteiger partial charge on any atom is -0.384 e. The van der Waals surface area contributed by atoms with Crippen molar-refractivity contribution in [2.24, 2.45) is 0 Å². The number of piperidine rings is 1. The summed E-state index contributed by atoms with van der Waals surface area (Å²) in [6, 6.07) is 18.3. The molecule has 1 N–H and O–H groups in total. The number of benzene rings is 2. The predicted octanol–water partition coefficient (Wildman–Crippen LogP) is 6.52. The molecule has 5 nitrogen and oxygen atoms in total. The summed E-state index contributed by atoms with van der Waals surface area (Å²) in [4.78, 5) is 22.0. The molecule has 3 aromatic rings. The van der Waals surface area contributed by atoms with E-state index in [4.69, 9.17) is 4.98 Å². The third-order valence-corrected chi connectivity index (χ3v) is 6.61. The number of likely N-dealkylation sites (tertiary alicyclic amines) is 1. The van der Waals surface area contributed by atoms with Gasteiger partial charge in [0.05, 0.1) is 11.2 Å². The highest BCUT2D eigenvalue weighted by Gasteiger charge is 2.14. The quantitative estimate of drug-likeness (QED) is 0.329. The summed E-state index contributed by atoms with van der Waals surface area (Å²) in [5.41, 5.74) is 4.77. The van der Waals surface area contributed by atoms with E-state index >= 15 is 0 Å². The number of anilines is 1. The van der Waals surface area contributed by atoms with Gasteiger partial charge in [0.1, 0.15) is 0 Å². The van der Waals surface area contributed by atoms with E-state index in [0.29, 0.717) is 0 Å². The normalized spacial score (nSPS) is 13.5. The van der Waals surface area contributed by atoms with Crippen molar-refractivity contribution in [1.29, 1.82) is 0 Å². The van der Waals surface area contributed by atoms with E-state index in [1.54, 1.807) is 0 Å². The fraction of sp³-hybridized carbons (Fsp3) is 0.429. The summed E-state index contributed by atoms with van der Waals surface area (Å²) >= 11 is 0. The first-order valence-corrected chi connectivity index (χ1v) is 12.4. The number of rotatable bonds is 9. The van der Waals surface area contributed by atoms with Gasteiger partial charge in [-0.3, -0.25) is 4.79 Å². The van der Waals surface area contributed by atoms with Crippen LogP contribution in [-0.2, 0) is 0 Å². The Labute approximate surface area is 222 Å². The van der Waals surface area contributed by atoms with Crippen LogP contribution in [-0.4, -0.2) is 60.0 Å². The van der Waals surface area contributed by atoms with Gasteiger partial charge in [-0.15, -0.1) is 24.8 Å². The Morgan fingerprint density at radius 2 is 1.66 bits per heavy atom. The molecule has 1 saturated heterocycles. The van der Waals surface area contributed by atoms with Crippen LogP contribution in [0.15, 0.2) is 54.6 Å². The number of fused-ring (bicyclic) bond motifs is 1. The highest BCUT2D eigenvalue weighted by molar-refractivity contribution is 5.96. The fourth-order valence-electron chi connectivity index (χ4n) is 4.66. The molecule has 190 valence electrons. The van der Waals surface area contributed by atoms with Gasteiger partial charge in [-0.2, -0.15) is 0 Å². The van der Waals surface area contributed by atoms with E-state index in [-0.39, 0.29) is 30.7 Å². The zero-order valence-corrected chi connectivity index (χ0v) is 22.5. The number of halogens is 2. The molecule has 1 amide bonds. The number of hydrogen-bond acceptors (Lipinski definition) is 4. The number of amides is 1. The van der Waals surface area contributed by atoms with E-state index in [0.717, 1.165) is 66.0 Å². The average molecular weight is 518 g/mol. The van der Waals surface area contributed by atoms with Crippen LogP contribution in [0.4, 0.5) is 5.69 Å². The molecule has 0 spiro atoms. The Morgan fingerprint density at radius 1 is 0.971 bits per heavy atom. The highest BCUT2D eigenvalue weighted by atomic mass is 35.5. The lowest BCUT2D eigenvalue weighted by atomic mass is 10.1. The molecular formula is C28H38Cl2N4O. The zero-order valence-electron chi connectivity index (χ0n) is 20.8. The van der Waals surface area contributed by atoms with Crippen molar-refractivity contribution in [2.45, 2.75) is 39.5 Å². The standard InChI is InChI=1S/C28H36N4O.2ClH/c1-3-32(4-2)28(33)23-15-13-22(14-16-23)26-21-27(24-11-6-7-12-25(24)30-26)29-17-10-20-31-18-8-5-9-19-31;;/h6-7,11-16,21H,3-5,8-10,17-20H2,1-2H3,(H,29,30);2*1H. The van der Waals surface area contributed by atoms with Crippen LogP contribution in [0.3, 0.4) is 0 Å². The van der Waals surface area contributed by atoms with E-state index in [2.05, 4.69) is 34.5 Å². The molecule has 0 aliphatic carbocycles.